The van der Waals surface area contributed by atoms with Crippen molar-refractivity contribution >= 4 is 46.6 Å². The number of anilines is 2. The zero-order valence-corrected chi connectivity index (χ0v) is 25.2. The molecule has 3 aromatic rings. The van der Waals surface area contributed by atoms with Crippen molar-refractivity contribution in [2.45, 2.75) is 50.8 Å². The molecule has 12 heteroatoms. The maximum Gasteiger partial charge on any atom is 0.413 e. The van der Waals surface area contributed by atoms with Gasteiger partial charge in [0, 0.05) is 12.1 Å². The zero-order chi connectivity index (χ0) is 31.3. The summed E-state index contributed by atoms with van der Waals surface area (Å²) < 4.78 is 42.4. The minimum absolute atomic E-state index is 0.00326. The normalized spacial score (nSPS) is 22.6. The second-order valence-corrected chi connectivity index (χ2v) is 12.5. The van der Waals surface area contributed by atoms with Crippen molar-refractivity contribution in [1.29, 1.82) is 5.26 Å². The molecular weight excluding hydrogens is 601 g/mol. The van der Waals surface area contributed by atoms with Gasteiger partial charge in [0.1, 0.15) is 17.0 Å². The minimum Gasteiger partial charge on any atom is -0.495 e. The summed E-state index contributed by atoms with van der Waals surface area (Å²) in [5.41, 5.74) is -1.32. The van der Waals surface area contributed by atoms with Gasteiger partial charge in [-0.25, -0.2) is 13.6 Å². The summed E-state index contributed by atoms with van der Waals surface area (Å²) in [5.74, 6) is -3.19. The monoisotopic (exact) mass is 628 g/mol. The lowest BCUT2D eigenvalue weighted by Gasteiger charge is -2.37. The first-order valence-electron chi connectivity index (χ1n) is 13.4. The number of halogens is 4. The molecule has 5 rings (SSSR count). The lowest BCUT2D eigenvalue weighted by atomic mass is 9.63. The average Bonchev–Trinajstić information content (AvgIpc) is 3.41. The molecule has 43 heavy (non-hydrogen) atoms. The van der Waals surface area contributed by atoms with Crippen molar-refractivity contribution in [2.24, 2.45) is 5.41 Å². The summed E-state index contributed by atoms with van der Waals surface area (Å²) >= 11 is 12.3. The number of rotatable bonds is 5. The van der Waals surface area contributed by atoms with Crippen LogP contribution in [0.1, 0.15) is 49.8 Å². The number of amides is 2. The number of fused-ring (bicyclic) bond motifs is 2. The second kappa shape index (κ2) is 11.3. The molecule has 1 fully saturated rings. The molecule has 2 aliphatic heterocycles. The maximum absolute atomic E-state index is 15.8. The summed E-state index contributed by atoms with van der Waals surface area (Å²) in [5, 5.41) is 17.3. The molecule has 2 amide bonds. The van der Waals surface area contributed by atoms with Crippen LogP contribution in [0.15, 0.2) is 48.5 Å². The van der Waals surface area contributed by atoms with Crippen molar-refractivity contribution < 1.29 is 27.8 Å². The van der Waals surface area contributed by atoms with E-state index in [-0.39, 0.29) is 43.7 Å². The third kappa shape index (κ3) is 5.26. The minimum atomic E-state index is -1.63. The van der Waals surface area contributed by atoms with Gasteiger partial charge in [-0.15, -0.1) is 0 Å². The standard InChI is InChI=1S/C31H28Cl2F2N4O4/c1-30(2,3)13-22-31(17-9-10-19(33)25(35)26(17)39-28(31)40)23(16-6-5-7-18(32)24(16)34)27(38-22)43-29(41)37-20-11-8-15(14-36)12-21(20)42-4/h5-12,22-23,27,38H,13H2,1-4H3,(H,37,41)(H,39,40)/t22-,23-,27+,31+/m0/s1. The third-order valence-corrected chi connectivity index (χ3v) is 8.38. The number of hydrogen-bond acceptors (Lipinski definition) is 6. The fourth-order valence-electron chi connectivity index (χ4n) is 6.12. The van der Waals surface area contributed by atoms with Crippen LogP contribution in [0.3, 0.4) is 0 Å². The Morgan fingerprint density at radius 1 is 1.12 bits per heavy atom. The number of nitriles is 1. The molecule has 0 saturated carbocycles. The first-order chi connectivity index (χ1) is 20.3. The lowest BCUT2D eigenvalue weighted by Crippen LogP contribution is -2.49. The van der Waals surface area contributed by atoms with Crippen LogP contribution in [-0.2, 0) is 14.9 Å². The van der Waals surface area contributed by atoms with E-state index >= 15 is 8.78 Å². The number of carbonyl (C=O) groups is 2. The molecule has 1 spiro atoms. The lowest BCUT2D eigenvalue weighted by molar-refractivity contribution is -0.122. The number of carbonyl (C=O) groups excluding carboxylic acids is 2. The van der Waals surface area contributed by atoms with Crippen LogP contribution in [0.5, 0.6) is 5.75 Å². The van der Waals surface area contributed by atoms with Crippen LogP contribution < -0.4 is 20.7 Å². The Hall–Kier alpha value is -3.91. The number of ether oxygens (including phenoxy) is 2. The predicted molar refractivity (Wildman–Crippen MR) is 158 cm³/mol. The van der Waals surface area contributed by atoms with Gasteiger partial charge in [-0.1, -0.05) is 62.2 Å². The molecule has 0 aliphatic carbocycles. The van der Waals surface area contributed by atoms with E-state index in [2.05, 4.69) is 16.0 Å². The molecule has 2 aliphatic rings. The first kappa shape index (κ1) is 30.5. The highest BCUT2D eigenvalue weighted by Gasteiger charge is 2.66. The predicted octanol–water partition coefficient (Wildman–Crippen LogP) is 7.11. The van der Waals surface area contributed by atoms with Gasteiger partial charge < -0.3 is 14.8 Å². The number of methoxy groups -OCH3 is 1. The van der Waals surface area contributed by atoms with Gasteiger partial charge in [-0.05, 0) is 47.2 Å². The number of hydrogen-bond donors (Lipinski definition) is 3. The summed E-state index contributed by atoms with van der Waals surface area (Å²) in [6.07, 6.45) is -1.87. The molecule has 4 atom stereocenters. The van der Waals surface area contributed by atoms with Crippen molar-refractivity contribution in [1.82, 2.24) is 5.32 Å². The van der Waals surface area contributed by atoms with E-state index in [9.17, 15) is 14.9 Å². The highest BCUT2D eigenvalue weighted by atomic mass is 35.5. The summed E-state index contributed by atoms with van der Waals surface area (Å²) in [4.78, 5) is 27.5. The average molecular weight is 629 g/mol. The molecular formula is C31H28Cl2F2N4O4. The summed E-state index contributed by atoms with van der Waals surface area (Å²) in [6.45, 7) is 5.89. The number of nitrogens with zero attached hydrogens (tertiary/aromatic N) is 1. The zero-order valence-electron chi connectivity index (χ0n) is 23.7. The van der Waals surface area contributed by atoms with E-state index in [1.165, 1.54) is 55.6 Å². The van der Waals surface area contributed by atoms with Crippen molar-refractivity contribution in [3.63, 3.8) is 0 Å². The van der Waals surface area contributed by atoms with Gasteiger partial charge in [-0.2, -0.15) is 5.26 Å². The van der Waals surface area contributed by atoms with Crippen LogP contribution >= 0.6 is 23.2 Å². The summed E-state index contributed by atoms with van der Waals surface area (Å²) in [7, 11) is 1.38. The van der Waals surface area contributed by atoms with E-state index in [0.717, 1.165) is 0 Å². The molecule has 1 saturated heterocycles. The van der Waals surface area contributed by atoms with Crippen molar-refractivity contribution in [3.05, 3.63) is 86.9 Å². The Morgan fingerprint density at radius 2 is 1.84 bits per heavy atom. The van der Waals surface area contributed by atoms with Crippen molar-refractivity contribution in [2.75, 3.05) is 17.7 Å². The van der Waals surface area contributed by atoms with E-state index in [0.29, 0.717) is 12.0 Å². The van der Waals surface area contributed by atoms with Crippen LogP contribution in [-0.4, -0.2) is 31.4 Å². The highest BCUT2D eigenvalue weighted by Crippen LogP contribution is 2.58. The van der Waals surface area contributed by atoms with Gasteiger partial charge in [-0.3, -0.25) is 15.4 Å². The van der Waals surface area contributed by atoms with E-state index < -0.39 is 47.2 Å². The molecule has 0 unspecified atom stereocenters. The molecule has 224 valence electrons. The number of benzene rings is 3. The SMILES string of the molecule is COc1cc(C#N)ccc1NC(=O)O[C@H]1N[C@@H](CC(C)(C)C)[C@@]2(C(=O)Nc3c2ccc(Cl)c3F)[C@H]1c1cccc(Cl)c1F. The fraction of sp³-hybridized carbons (Fsp3) is 0.323. The quantitative estimate of drug-likeness (QED) is 0.278. The van der Waals surface area contributed by atoms with Crippen LogP contribution in [0, 0.1) is 28.4 Å². The number of nitrogens with one attached hydrogen (secondary N) is 3. The van der Waals surface area contributed by atoms with Crippen LogP contribution in [0.4, 0.5) is 25.0 Å². The van der Waals surface area contributed by atoms with Gasteiger partial charge in [0.2, 0.25) is 5.91 Å². The Morgan fingerprint density at radius 3 is 2.51 bits per heavy atom. The van der Waals surface area contributed by atoms with Gasteiger partial charge in [0.15, 0.2) is 12.0 Å². The van der Waals surface area contributed by atoms with E-state index in [1.54, 1.807) is 0 Å². The molecule has 3 N–H and O–H groups in total. The van der Waals surface area contributed by atoms with Crippen LogP contribution in [0.25, 0.3) is 0 Å². The largest absolute Gasteiger partial charge is 0.495 e. The van der Waals surface area contributed by atoms with E-state index in [4.69, 9.17) is 32.7 Å². The molecule has 0 aromatic heterocycles. The fourth-order valence-corrected chi connectivity index (χ4v) is 6.45. The van der Waals surface area contributed by atoms with Crippen LogP contribution in [0.2, 0.25) is 10.0 Å². The molecule has 2 heterocycles. The van der Waals surface area contributed by atoms with Gasteiger partial charge in [0.25, 0.3) is 0 Å². The smallest absolute Gasteiger partial charge is 0.413 e. The maximum atomic E-state index is 15.8. The summed E-state index contributed by atoms with van der Waals surface area (Å²) in [6, 6.07) is 12.9. The second-order valence-electron chi connectivity index (χ2n) is 11.7. The Balaban J connectivity index is 1.65. The topological polar surface area (TPSA) is 112 Å². The van der Waals surface area contributed by atoms with Crippen molar-refractivity contribution in [3.8, 4) is 11.8 Å². The molecule has 8 nitrogen and oxygen atoms in total. The Bertz CT molecular complexity index is 1670. The Labute approximate surface area is 257 Å². The molecule has 0 radical (unpaired) electrons. The van der Waals surface area contributed by atoms with E-state index in [1.807, 2.05) is 26.8 Å². The first-order valence-corrected chi connectivity index (χ1v) is 14.1. The highest BCUT2D eigenvalue weighted by molar-refractivity contribution is 6.31. The van der Waals surface area contributed by atoms with Gasteiger partial charge in [0.05, 0.1) is 46.1 Å². The third-order valence-electron chi connectivity index (χ3n) is 7.80. The molecule has 3 aromatic carbocycles. The van der Waals surface area contributed by atoms with Gasteiger partial charge >= 0.3 is 6.09 Å². The molecule has 0 bridgehead atoms. The Kier molecular flexibility index (Phi) is 8.03.